The third-order valence-electron chi connectivity index (χ3n) is 1.89. The third-order valence-corrected chi connectivity index (χ3v) is 2.73. The van der Waals surface area contributed by atoms with Crippen molar-refractivity contribution in [3.05, 3.63) is 52.0 Å². The Hall–Kier alpha value is -1.30. The average Bonchev–Trinajstić information content (AvgIpc) is 2.66. The zero-order chi connectivity index (χ0) is 10.7. The normalized spacial score (nSPS) is 9.93. The van der Waals surface area contributed by atoms with Crippen LogP contribution in [0.3, 0.4) is 0 Å². The zero-order valence-corrected chi connectivity index (χ0v) is 9.89. The summed E-state index contributed by atoms with van der Waals surface area (Å²) in [5.74, 6) is -0.153. The quantitative estimate of drug-likeness (QED) is 0.866. The first-order valence-electron chi connectivity index (χ1n) is 4.37. The molecule has 1 N–H and O–H groups in total. The lowest BCUT2D eigenvalue weighted by atomic mass is 10.3. The van der Waals surface area contributed by atoms with Crippen molar-refractivity contribution in [2.24, 2.45) is 0 Å². The van der Waals surface area contributed by atoms with Gasteiger partial charge in [-0.15, -0.1) is 0 Å². The molecule has 2 aromatic rings. The number of nitrogens with one attached hydrogen (secondary N) is 1. The van der Waals surface area contributed by atoms with Crippen molar-refractivity contribution in [2.75, 3.05) is 5.32 Å². The second kappa shape index (κ2) is 4.48. The van der Waals surface area contributed by atoms with Crippen molar-refractivity contribution < 1.29 is 9.21 Å². The van der Waals surface area contributed by atoms with Crippen LogP contribution in [0.25, 0.3) is 0 Å². The highest BCUT2D eigenvalue weighted by Crippen LogP contribution is 2.15. The molecule has 0 fully saturated rings. The summed E-state index contributed by atoms with van der Waals surface area (Å²) in [5, 5.41) is 2.78. The molecule has 15 heavy (non-hydrogen) atoms. The number of hydrogen-bond acceptors (Lipinski definition) is 2. The van der Waals surface area contributed by atoms with Gasteiger partial charge in [-0.25, -0.2) is 0 Å². The summed E-state index contributed by atoms with van der Waals surface area (Å²) >= 11 is 1.99. The number of benzene rings is 1. The van der Waals surface area contributed by atoms with E-state index >= 15 is 0 Å². The standard InChI is InChI=1S/C11H8INO2/c12-10-9(6-7-15-10)11(14)13-8-4-2-1-3-5-8/h1-7H,(H,13,14). The van der Waals surface area contributed by atoms with Gasteiger partial charge in [-0.05, 0) is 18.2 Å². The Kier molecular flexibility index (Phi) is 3.05. The molecule has 4 heteroatoms. The van der Waals surface area contributed by atoms with Crippen LogP contribution < -0.4 is 5.32 Å². The Morgan fingerprint density at radius 1 is 1.20 bits per heavy atom. The van der Waals surface area contributed by atoms with E-state index in [0.29, 0.717) is 9.33 Å². The van der Waals surface area contributed by atoms with Gasteiger partial charge in [-0.2, -0.15) is 0 Å². The zero-order valence-electron chi connectivity index (χ0n) is 7.74. The molecule has 0 unspecified atom stereocenters. The summed E-state index contributed by atoms with van der Waals surface area (Å²) < 4.78 is 5.65. The van der Waals surface area contributed by atoms with Gasteiger partial charge >= 0.3 is 0 Å². The average molecular weight is 313 g/mol. The summed E-state index contributed by atoms with van der Waals surface area (Å²) in [6, 6.07) is 11.0. The van der Waals surface area contributed by atoms with Crippen LogP contribution >= 0.6 is 22.6 Å². The molecule has 0 aliphatic rings. The summed E-state index contributed by atoms with van der Waals surface area (Å²) in [6.45, 7) is 0. The molecule has 0 saturated heterocycles. The Morgan fingerprint density at radius 3 is 2.53 bits per heavy atom. The van der Waals surface area contributed by atoms with Gasteiger partial charge in [-0.3, -0.25) is 4.79 Å². The number of para-hydroxylation sites is 1. The first kappa shape index (κ1) is 10.2. The van der Waals surface area contributed by atoms with E-state index in [-0.39, 0.29) is 5.91 Å². The van der Waals surface area contributed by atoms with E-state index in [1.165, 1.54) is 6.26 Å². The van der Waals surface area contributed by atoms with Crippen molar-refractivity contribution in [1.82, 2.24) is 0 Å². The van der Waals surface area contributed by atoms with Gasteiger partial charge in [0.1, 0.15) is 0 Å². The molecular formula is C11H8INO2. The first-order chi connectivity index (χ1) is 7.27. The molecule has 0 aliphatic carbocycles. The van der Waals surface area contributed by atoms with E-state index in [1.54, 1.807) is 6.07 Å². The Balaban J connectivity index is 2.15. The van der Waals surface area contributed by atoms with E-state index < -0.39 is 0 Å². The Morgan fingerprint density at radius 2 is 1.93 bits per heavy atom. The lowest BCUT2D eigenvalue weighted by Gasteiger charge is -2.02. The number of anilines is 1. The maximum Gasteiger partial charge on any atom is 0.260 e. The van der Waals surface area contributed by atoms with Crippen molar-refractivity contribution in [3.63, 3.8) is 0 Å². The molecule has 1 aromatic heterocycles. The molecule has 1 aromatic carbocycles. The first-order valence-corrected chi connectivity index (χ1v) is 5.44. The van der Waals surface area contributed by atoms with Crippen molar-refractivity contribution in [3.8, 4) is 0 Å². The van der Waals surface area contributed by atoms with Gasteiger partial charge in [-0.1, -0.05) is 18.2 Å². The van der Waals surface area contributed by atoms with Crippen LogP contribution in [0.2, 0.25) is 0 Å². The highest BCUT2D eigenvalue weighted by atomic mass is 127. The fourth-order valence-corrected chi connectivity index (χ4v) is 1.75. The van der Waals surface area contributed by atoms with Crippen LogP contribution in [-0.2, 0) is 0 Å². The molecule has 0 bridgehead atoms. The van der Waals surface area contributed by atoms with Crippen molar-refractivity contribution >= 4 is 34.2 Å². The lowest BCUT2D eigenvalue weighted by Crippen LogP contribution is -2.11. The Labute approximate surface area is 101 Å². The highest BCUT2D eigenvalue weighted by molar-refractivity contribution is 14.1. The summed E-state index contributed by atoms with van der Waals surface area (Å²) in [6.07, 6.45) is 1.50. The molecule has 3 nitrogen and oxygen atoms in total. The monoisotopic (exact) mass is 313 g/mol. The van der Waals surface area contributed by atoms with Crippen LogP contribution in [0, 0.1) is 3.77 Å². The molecule has 0 atom stereocenters. The third kappa shape index (κ3) is 2.38. The predicted molar refractivity (Wildman–Crippen MR) is 65.8 cm³/mol. The van der Waals surface area contributed by atoms with Gasteiger partial charge in [0.25, 0.3) is 5.91 Å². The van der Waals surface area contributed by atoms with Gasteiger partial charge < -0.3 is 9.73 Å². The molecular weight excluding hydrogens is 305 g/mol. The maximum atomic E-state index is 11.7. The second-order valence-corrected chi connectivity index (χ2v) is 3.91. The van der Waals surface area contributed by atoms with E-state index in [1.807, 2.05) is 52.9 Å². The minimum absolute atomic E-state index is 0.153. The molecule has 0 spiro atoms. The Bertz CT molecular complexity index is 464. The topological polar surface area (TPSA) is 42.2 Å². The van der Waals surface area contributed by atoms with Gasteiger partial charge in [0, 0.05) is 28.3 Å². The van der Waals surface area contributed by atoms with Gasteiger partial charge in [0.2, 0.25) is 0 Å². The van der Waals surface area contributed by atoms with Crippen molar-refractivity contribution in [2.45, 2.75) is 0 Å². The van der Waals surface area contributed by atoms with Crippen LogP contribution in [0.4, 0.5) is 5.69 Å². The minimum atomic E-state index is -0.153. The fourth-order valence-electron chi connectivity index (χ4n) is 1.18. The smallest absolute Gasteiger partial charge is 0.260 e. The number of amides is 1. The summed E-state index contributed by atoms with van der Waals surface area (Å²) in [5.41, 5.74) is 1.33. The van der Waals surface area contributed by atoms with Gasteiger partial charge in [0.15, 0.2) is 3.77 Å². The second-order valence-electron chi connectivity index (χ2n) is 2.93. The number of hydrogen-bond donors (Lipinski definition) is 1. The van der Waals surface area contributed by atoms with E-state index in [9.17, 15) is 4.79 Å². The number of carbonyl (C=O) groups excluding carboxylic acids is 1. The van der Waals surface area contributed by atoms with E-state index in [0.717, 1.165) is 5.69 Å². The summed E-state index contributed by atoms with van der Waals surface area (Å²) in [4.78, 5) is 11.7. The number of carbonyl (C=O) groups is 1. The number of rotatable bonds is 2. The van der Waals surface area contributed by atoms with E-state index in [4.69, 9.17) is 4.42 Å². The molecule has 0 radical (unpaired) electrons. The van der Waals surface area contributed by atoms with Crippen LogP contribution in [-0.4, -0.2) is 5.91 Å². The summed E-state index contributed by atoms with van der Waals surface area (Å²) in [7, 11) is 0. The van der Waals surface area contributed by atoms with Crippen LogP contribution in [0.15, 0.2) is 47.1 Å². The predicted octanol–water partition coefficient (Wildman–Crippen LogP) is 3.14. The fraction of sp³-hybridized carbons (Fsp3) is 0. The molecule has 1 heterocycles. The molecule has 76 valence electrons. The minimum Gasteiger partial charge on any atom is -0.458 e. The van der Waals surface area contributed by atoms with Crippen LogP contribution in [0.5, 0.6) is 0 Å². The maximum absolute atomic E-state index is 11.7. The SMILES string of the molecule is O=C(Nc1ccccc1)c1ccoc1I. The number of halogens is 1. The largest absolute Gasteiger partial charge is 0.458 e. The van der Waals surface area contributed by atoms with Crippen molar-refractivity contribution in [1.29, 1.82) is 0 Å². The lowest BCUT2D eigenvalue weighted by molar-refractivity contribution is 0.102. The molecule has 2 rings (SSSR count). The van der Waals surface area contributed by atoms with Gasteiger partial charge in [0.05, 0.1) is 11.8 Å². The van der Waals surface area contributed by atoms with E-state index in [2.05, 4.69) is 5.32 Å². The molecule has 0 saturated carbocycles. The highest BCUT2D eigenvalue weighted by Gasteiger charge is 2.11. The molecule has 0 aliphatic heterocycles. The molecule has 1 amide bonds. The van der Waals surface area contributed by atoms with Crippen LogP contribution in [0.1, 0.15) is 10.4 Å². The number of furan rings is 1.